The number of nitrogens with one attached hydrogen (secondary N) is 1. The molecule has 0 atom stereocenters. The van der Waals surface area contributed by atoms with Crippen LogP contribution in [-0.2, 0) is 0 Å². The zero-order valence-corrected chi connectivity index (χ0v) is 17.4. The van der Waals surface area contributed by atoms with E-state index in [0.29, 0.717) is 6.07 Å². The summed E-state index contributed by atoms with van der Waals surface area (Å²) in [5, 5.41) is 2.25. The lowest BCUT2D eigenvalue weighted by Crippen LogP contribution is -2.24. The van der Waals surface area contributed by atoms with Gasteiger partial charge in [0.05, 0.1) is 0 Å². The molecule has 0 radical (unpaired) electrons. The van der Waals surface area contributed by atoms with Gasteiger partial charge in [-0.1, -0.05) is 6.58 Å². The summed E-state index contributed by atoms with van der Waals surface area (Å²) in [6.07, 6.45) is -14.6. The minimum absolute atomic E-state index is 0.190. The number of halogens is 10. The molecule has 2 aromatic rings. The largest absolute Gasteiger partial charge is 0.573 e. The zero-order chi connectivity index (χ0) is 26.6. The third-order valence-corrected chi connectivity index (χ3v) is 3.80. The van der Waals surface area contributed by atoms with Gasteiger partial charge in [0, 0.05) is 18.8 Å². The van der Waals surface area contributed by atoms with Crippen molar-refractivity contribution in [1.82, 2.24) is 4.98 Å². The second-order valence-corrected chi connectivity index (χ2v) is 6.60. The van der Waals surface area contributed by atoms with Gasteiger partial charge in [-0.15, -0.1) is 13.2 Å². The van der Waals surface area contributed by atoms with Gasteiger partial charge in [0.25, 0.3) is 0 Å². The molecule has 6 nitrogen and oxygen atoms in total. The van der Waals surface area contributed by atoms with Crippen molar-refractivity contribution in [3.05, 3.63) is 48.5 Å². The van der Waals surface area contributed by atoms with Crippen molar-refractivity contribution in [2.75, 3.05) is 30.5 Å². The molecule has 35 heavy (non-hydrogen) atoms. The fourth-order valence-corrected chi connectivity index (χ4v) is 2.31. The lowest BCUT2D eigenvalue weighted by atomic mass is 10.3. The lowest BCUT2D eigenvalue weighted by molar-refractivity contribution is -0.274. The summed E-state index contributed by atoms with van der Waals surface area (Å²) in [5.74, 6) is -5.18. The van der Waals surface area contributed by atoms with Crippen LogP contribution in [0.4, 0.5) is 55.4 Å². The summed E-state index contributed by atoms with van der Waals surface area (Å²) in [6, 6.07) is 4.65. The molecule has 16 heteroatoms. The molecular weight excluding hydrogens is 508 g/mol. The number of hydrogen-bond donors (Lipinski definition) is 1. The zero-order valence-electron chi connectivity index (χ0n) is 17.4. The normalized spacial score (nSPS) is 12.2. The first kappa shape index (κ1) is 27.7. The van der Waals surface area contributed by atoms with Gasteiger partial charge in [0.15, 0.2) is 24.8 Å². The third-order valence-electron chi connectivity index (χ3n) is 3.80. The van der Waals surface area contributed by atoms with Crippen LogP contribution >= 0.6 is 0 Å². The van der Waals surface area contributed by atoms with Crippen molar-refractivity contribution >= 4 is 11.5 Å². The third kappa shape index (κ3) is 9.29. The molecule has 0 fully saturated rings. The van der Waals surface area contributed by atoms with Crippen LogP contribution in [-0.4, -0.2) is 44.0 Å². The minimum atomic E-state index is -4.92. The van der Waals surface area contributed by atoms with Crippen LogP contribution in [0.5, 0.6) is 17.4 Å². The SMILES string of the molecule is C=C(Nc1nc(OCC(F)(F)F)cc(OCC(F)(F)F)c1F)N(C)c1ccc(OC(F)(F)F)cc1. The van der Waals surface area contributed by atoms with Crippen LogP contribution in [0.1, 0.15) is 0 Å². The summed E-state index contributed by atoms with van der Waals surface area (Å²) in [5.41, 5.74) is 0.190. The number of nitrogens with zero attached hydrogens (tertiary/aromatic N) is 2. The molecule has 1 aromatic carbocycles. The van der Waals surface area contributed by atoms with Crippen molar-refractivity contribution in [1.29, 1.82) is 0 Å². The Morgan fingerprint density at radius 3 is 2.00 bits per heavy atom. The molecule has 0 aliphatic heterocycles. The molecular formula is C19H15F10N3O3. The predicted octanol–water partition coefficient (Wildman–Crippen LogP) is 6.02. The highest BCUT2D eigenvalue weighted by Gasteiger charge is 2.32. The highest BCUT2D eigenvalue weighted by molar-refractivity contribution is 5.58. The van der Waals surface area contributed by atoms with Crippen LogP contribution in [0.15, 0.2) is 42.7 Å². The Kier molecular flexibility index (Phi) is 8.18. The Morgan fingerprint density at radius 2 is 1.49 bits per heavy atom. The van der Waals surface area contributed by atoms with Crippen LogP contribution < -0.4 is 24.4 Å². The number of aromatic nitrogens is 1. The molecule has 0 aliphatic carbocycles. The van der Waals surface area contributed by atoms with E-state index in [1.54, 1.807) is 0 Å². The van der Waals surface area contributed by atoms with Crippen molar-refractivity contribution < 1.29 is 58.1 Å². The Balaban J connectivity index is 2.25. The fourth-order valence-electron chi connectivity index (χ4n) is 2.31. The highest BCUT2D eigenvalue weighted by atomic mass is 19.4. The van der Waals surface area contributed by atoms with Gasteiger partial charge >= 0.3 is 18.7 Å². The maximum absolute atomic E-state index is 14.7. The number of hydrogen-bond acceptors (Lipinski definition) is 6. The van der Waals surface area contributed by atoms with E-state index in [1.807, 2.05) is 0 Å². The predicted molar refractivity (Wildman–Crippen MR) is 102 cm³/mol. The minimum Gasteiger partial charge on any atom is -0.481 e. The lowest BCUT2D eigenvalue weighted by Gasteiger charge is -2.23. The summed E-state index contributed by atoms with van der Waals surface area (Å²) < 4.78 is 139. The Morgan fingerprint density at radius 1 is 0.943 bits per heavy atom. The molecule has 1 heterocycles. The number of benzene rings is 1. The van der Waals surface area contributed by atoms with E-state index in [4.69, 9.17) is 0 Å². The Labute approximate surface area is 190 Å². The maximum Gasteiger partial charge on any atom is 0.573 e. The van der Waals surface area contributed by atoms with Crippen molar-refractivity contribution in [2.24, 2.45) is 0 Å². The topological polar surface area (TPSA) is 55.9 Å². The monoisotopic (exact) mass is 523 g/mol. The van der Waals surface area contributed by atoms with E-state index < -0.39 is 60.9 Å². The van der Waals surface area contributed by atoms with E-state index in [1.165, 1.54) is 19.2 Å². The van der Waals surface area contributed by atoms with Gasteiger partial charge in [0.2, 0.25) is 11.7 Å². The number of alkyl halides is 9. The van der Waals surface area contributed by atoms with Gasteiger partial charge in [-0.05, 0) is 24.3 Å². The molecule has 0 aliphatic rings. The molecule has 194 valence electrons. The quantitative estimate of drug-likeness (QED) is 0.406. The molecule has 0 saturated heterocycles. The van der Waals surface area contributed by atoms with Gasteiger partial charge in [-0.3, -0.25) is 0 Å². The first-order chi connectivity index (χ1) is 15.9. The molecule has 2 rings (SSSR count). The Hall–Kier alpha value is -3.59. The summed E-state index contributed by atoms with van der Waals surface area (Å²) in [6.45, 7) is -0.303. The van der Waals surface area contributed by atoms with Crippen LogP contribution in [0.25, 0.3) is 0 Å². The summed E-state index contributed by atoms with van der Waals surface area (Å²) >= 11 is 0. The molecule has 1 aromatic heterocycles. The first-order valence-electron chi connectivity index (χ1n) is 9.08. The first-order valence-corrected chi connectivity index (χ1v) is 9.08. The average Bonchev–Trinajstić information content (AvgIpc) is 2.70. The van der Waals surface area contributed by atoms with Gasteiger partial charge in [-0.25, -0.2) is 0 Å². The van der Waals surface area contributed by atoms with E-state index in [0.717, 1.165) is 17.0 Å². The van der Waals surface area contributed by atoms with E-state index in [9.17, 15) is 43.9 Å². The molecule has 1 N–H and O–H groups in total. The van der Waals surface area contributed by atoms with Crippen molar-refractivity contribution in [3.63, 3.8) is 0 Å². The number of ether oxygens (including phenoxy) is 3. The Bertz CT molecular complexity index is 1020. The van der Waals surface area contributed by atoms with E-state index in [-0.39, 0.29) is 11.5 Å². The van der Waals surface area contributed by atoms with Crippen LogP contribution in [0.3, 0.4) is 0 Å². The molecule has 0 spiro atoms. The summed E-state index contributed by atoms with van der Waals surface area (Å²) in [4.78, 5) is 4.61. The standard InChI is InChI=1S/C19H15F10N3O3/c1-10(32(2)11-3-5-12(6-4-11)35-19(27,28)29)30-16-15(20)13(33-8-17(21,22)23)7-14(31-16)34-9-18(24,25)26/h3-7H,1,8-9H2,2H3,(H,30,31). The van der Waals surface area contributed by atoms with Gasteiger partial charge < -0.3 is 24.4 Å². The van der Waals surface area contributed by atoms with Gasteiger partial charge in [-0.2, -0.15) is 35.7 Å². The average molecular weight is 523 g/mol. The second-order valence-electron chi connectivity index (χ2n) is 6.60. The smallest absolute Gasteiger partial charge is 0.481 e. The van der Waals surface area contributed by atoms with Crippen LogP contribution in [0.2, 0.25) is 0 Å². The number of anilines is 2. The second kappa shape index (κ2) is 10.4. The molecule has 0 unspecified atom stereocenters. The number of pyridine rings is 1. The molecule has 0 amide bonds. The van der Waals surface area contributed by atoms with Crippen LogP contribution in [0, 0.1) is 5.82 Å². The molecule has 0 bridgehead atoms. The highest BCUT2D eigenvalue weighted by Crippen LogP contribution is 2.32. The molecule has 0 saturated carbocycles. The summed E-state index contributed by atoms with van der Waals surface area (Å²) in [7, 11) is 1.32. The van der Waals surface area contributed by atoms with Crippen molar-refractivity contribution in [2.45, 2.75) is 18.7 Å². The number of rotatable bonds is 9. The fraction of sp³-hybridized carbons (Fsp3) is 0.316. The van der Waals surface area contributed by atoms with E-state index in [2.05, 4.69) is 31.1 Å². The van der Waals surface area contributed by atoms with Crippen molar-refractivity contribution in [3.8, 4) is 17.4 Å². The maximum atomic E-state index is 14.7. The van der Waals surface area contributed by atoms with E-state index >= 15 is 0 Å². The van der Waals surface area contributed by atoms with Gasteiger partial charge in [0.1, 0.15) is 11.6 Å².